The van der Waals surface area contributed by atoms with Gasteiger partial charge in [0, 0.05) is 34.3 Å². The van der Waals surface area contributed by atoms with E-state index >= 15 is 0 Å². The van der Waals surface area contributed by atoms with Crippen LogP contribution in [0.25, 0.3) is 0 Å². The van der Waals surface area contributed by atoms with Crippen LogP contribution in [0.1, 0.15) is 11.1 Å². The highest BCUT2D eigenvalue weighted by molar-refractivity contribution is 7.08. The molecule has 6 nitrogen and oxygen atoms in total. The predicted molar refractivity (Wildman–Crippen MR) is 71.5 cm³/mol. The number of hydrogen-bond donors (Lipinski definition) is 4. The van der Waals surface area contributed by atoms with E-state index in [1.807, 2.05) is 10.8 Å². The zero-order valence-corrected chi connectivity index (χ0v) is 10.2. The van der Waals surface area contributed by atoms with Crippen LogP contribution in [-0.4, -0.2) is 37.2 Å². The number of nitrogens with two attached hydrogens (primary N) is 4. The third-order valence-corrected chi connectivity index (χ3v) is 2.51. The predicted octanol–water partition coefficient (Wildman–Crippen LogP) is -3.18. The van der Waals surface area contributed by atoms with E-state index in [1.165, 1.54) is 0 Å². The van der Waals surface area contributed by atoms with E-state index in [2.05, 4.69) is 9.98 Å². The standard InChI is InChI=1S/C10H14N6S/c11-9(12)3-15-1-7-5-17-6-8(7)2-16-4-10(13)14/h1-2,5-6H,3-4H2,(H3,11,12)(H3,13,14)/p+2. The molecule has 0 saturated carbocycles. The fourth-order valence-electron chi connectivity index (χ4n) is 1.03. The second-order valence-electron chi connectivity index (χ2n) is 3.37. The van der Waals surface area contributed by atoms with Crippen LogP contribution in [0, 0.1) is 0 Å². The van der Waals surface area contributed by atoms with Crippen LogP contribution >= 0.6 is 11.3 Å². The molecule has 90 valence electrons. The maximum atomic E-state index is 5.31. The number of amidine groups is 2. The van der Waals surface area contributed by atoms with Gasteiger partial charge in [-0.1, -0.05) is 0 Å². The summed E-state index contributed by atoms with van der Waals surface area (Å²) in [4.78, 5) is 8.19. The fourth-order valence-corrected chi connectivity index (χ4v) is 1.78. The lowest BCUT2D eigenvalue weighted by molar-refractivity contribution is -0.117. The second-order valence-corrected chi connectivity index (χ2v) is 4.12. The van der Waals surface area contributed by atoms with Crippen molar-refractivity contribution in [1.29, 1.82) is 0 Å². The molecule has 0 aliphatic carbocycles. The Hall–Kier alpha value is -2.02. The van der Waals surface area contributed by atoms with Crippen molar-refractivity contribution in [3.63, 3.8) is 0 Å². The van der Waals surface area contributed by atoms with Crippen molar-refractivity contribution in [3.8, 4) is 0 Å². The molecule has 1 aromatic heterocycles. The zero-order valence-electron chi connectivity index (χ0n) is 9.34. The Labute approximate surface area is 103 Å². The van der Waals surface area contributed by atoms with Gasteiger partial charge < -0.3 is 0 Å². The lowest BCUT2D eigenvalue weighted by Crippen LogP contribution is -2.47. The van der Waals surface area contributed by atoms with Gasteiger partial charge in [-0.15, -0.1) is 0 Å². The smallest absolute Gasteiger partial charge is 0.260 e. The van der Waals surface area contributed by atoms with Crippen LogP contribution in [0.3, 0.4) is 0 Å². The Bertz CT molecular complexity index is 419. The van der Waals surface area contributed by atoms with Gasteiger partial charge >= 0.3 is 0 Å². The highest BCUT2D eigenvalue weighted by Crippen LogP contribution is 2.10. The second kappa shape index (κ2) is 6.54. The summed E-state index contributed by atoms with van der Waals surface area (Å²) in [5, 5.41) is 14.6. The number of hydrogen-bond acceptors (Lipinski definition) is 3. The van der Waals surface area contributed by atoms with E-state index in [1.54, 1.807) is 23.8 Å². The molecule has 0 bridgehead atoms. The van der Waals surface area contributed by atoms with E-state index < -0.39 is 0 Å². The normalized spacial score (nSPS) is 11.3. The minimum atomic E-state index is 0.289. The zero-order chi connectivity index (χ0) is 12.7. The molecule has 0 atom stereocenters. The first-order valence-electron chi connectivity index (χ1n) is 4.89. The molecule has 1 aromatic rings. The minimum absolute atomic E-state index is 0.289. The molecular weight excluding hydrogens is 236 g/mol. The van der Waals surface area contributed by atoms with Gasteiger partial charge in [0.15, 0.2) is 0 Å². The Kier molecular flexibility index (Phi) is 5.02. The summed E-state index contributed by atoms with van der Waals surface area (Å²) in [7, 11) is 0. The molecule has 0 radical (unpaired) electrons. The number of nitrogens with zero attached hydrogens (tertiary/aromatic N) is 2. The van der Waals surface area contributed by atoms with Crippen LogP contribution < -0.4 is 22.3 Å². The number of thiophene rings is 1. The number of aliphatic imine (C=N–C) groups is 2. The lowest BCUT2D eigenvalue weighted by Gasteiger charge is -1.91. The molecule has 0 spiro atoms. The molecule has 0 aromatic carbocycles. The lowest BCUT2D eigenvalue weighted by atomic mass is 10.2. The molecule has 0 aliphatic heterocycles. The molecule has 0 amide bonds. The van der Waals surface area contributed by atoms with Gasteiger partial charge in [0.1, 0.15) is 13.1 Å². The Morgan fingerprint density at radius 1 is 1.06 bits per heavy atom. The quantitative estimate of drug-likeness (QED) is 0.314. The third-order valence-electron chi connectivity index (χ3n) is 1.73. The molecule has 8 N–H and O–H groups in total. The molecule has 1 heterocycles. The monoisotopic (exact) mass is 252 g/mol. The van der Waals surface area contributed by atoms with Gasteiger partial charge in [-0.2, -0.15) is 11.3 Å². The van der Waals surface area contributed by atoms with Crippen LogP contribution in [-0.2, 0) is 0 Å². The molecule has 1 rings (SSSR count). The van der Waals surface area contributed by atoms with Crippen molar-refractivity contribution in [2.75, 3.05) is 13.1 Å². The van der Waals surface area contributed by atoms with Gasteiger partial charge in [-0.25, -0.2) is 0 Å². The van der Waals surface area contributed by atoms with Crippen molar-refractivity contribution in [2.24, 2.45) is 21.5 Å². The summed E-state index contributed by atoms with van der Waals surface area (Å²) in [6.07, 6.45) is 3.43. The summed E-state index contributed by atoms with van der Waals surface area (Å²) < 4.78 is 0. The summed E-state index contributed by atoms with van der Waals surface area (Å²) >= 11 is 1.56. The first kappa shape index (κ1) is 13.0. The SMILES string of the molecule is NC(=[NH2+])CN=Cc1cscc1C=NCC(N)=[NH2+]. The van der Waals surface area contributed by atoms with Gasteiger partial charge in [0.05, 0.1) is 0 Å². The summed E-state index contributed by atoms with van der Waals surface area (Å²) in [6, 6.07) is 0. The van der Waals surface area contributed by atoms with E-state index in [4.69, 9.17) is 22.3 Å². The fraction of sp³-hybridized carbons (Fsp3) is 0.200. The van der Waals surface area contributed by atoms with Gasteiger partial charge in [-0.05, 0) is 0 Å². The first-order chi connectivity index (χ1) is 8.09. The minimum Gasteiger partial charge on any atom is -0.290 e. The largest absolute Gasteiger partial charge is 0.290 e. The number of rotatable bonds is 6. The van der Waals surface area contributed by atoms with Crippen molar-refractivity contribution >= 4 is 35.4 Å². The summed E-state index contributed by atoms with van der Waals surface area (Å²) in [5.74, 6) is 0.578. The van der Waals surface area contributed by atoms with Gasteiger partial charge in [-0.3, -0.25) is 32.3 Å². The van der Waals surface area contributed by atoms with Crippen molar-refractivity contribution in [3.05, 3.63) is 21.9 Å². The molecule has 7 heteroatoms. The molecule has 0 aliphatic rings. The van der Waals surface area contributed by atoms with Crippen molar-refractivity contribution in [2.45, 2.75) is 0 Å². The van der Waals surface area contributed by atoms with E-state index in [9.17, 15) is 0 Å². The molecule has 0 unspecified atom stereocenters. The molecular formula is C10H16N6S+2. The molecule has 0 saturated heterocycles. The van der Waals surface area contributed by atoms with E-state index in [0.29, 0.717) is 13.1 Å². The Morgan fingerprint density at radius 2 is 1.47 bits per heavy atom. The maximum Gasteiger partial charge on any atom is 0.260 e. The molecule has 0 fully saturated rings. The summed E-state index contributed by atoms with van der Waals surface area (Å²) in [5.41, 5.74) is 12.6. The van der Waals surface area contributed by atoms with Crippen LogP contribution in [0.2, 0.25) is 0 Å². The van der Waals surface area contributed by atoms with E-state index in [0.717, 1.165) is 11.1 Å². The van der Waals surface area contributed by atoms with E-state index in [-0.39, 0.29) is 11.7 Å². The topological polar surface area (TPSA) is 128 Å². The Balaban J connectivity index is 2.65. The first-order valence-corrected chi connectivity index (χ1v) is 5.83. The Morgan fingerprint density at radius 3 is 1.82 bits per heavy atom. The average Bonchev–Trinajstić information content (AvgIpc) is 2.65. The van der Waals surface area contributed by atoms with Crippen molar-refractivity contribution in [1.82, 2.24) is 0 Å². The van der Waals surface area contributed by atoms with Crippen LogP contribution in [0.5, 0.6) is 0 Å². The van der Waals surface area contributed by atoms with Crippen LogP contribution in [0.15, 0.2) is 20.7 Å². The van der Waals surface area contributed by atoms with Gasteiger partial charge in [0.2, 0.25) is 0 Å². The van der Waals surface area contributed by atoms with Gasteiger partial charge in [0.25, 0.3) is 11.7 Å². The average molecular weight is 252 g/mol. The highest BCUT2D eigenvalue weighted by atomic mass is 32.1. The van der Waals surface area contributed by atoms with Crippen molar-refractivity contribution < 1.29 is 10.8 Å². The molecule has 17 heavy (non-hydrogen) atoms. The highest BCUT2D eigenvalue weighted by Gasteiger charge is 1.99. The summed E-state index contributed by atoms with van der Waals surface area (Å²) in [6.45, 7) is 0.631. The third kappa shape index (κ3) is 5.03. The maximum absolute atomic E-state index is 5.31. The van der Waals surface area contributed by atoms with Crippen LogP contribution in [0.4, 0.5) is 0 Å².